The first-order valence-electron chi connectivity index (χ1n) is 8.20. The second kappa shape index (κ2) is 7.34. The third-order valence-electron chi connectivity index (χ3n) is 4.58. The number of nitrogens with one attached hydrogen (secondary N) is 1. The maximum Gasteiger partial charge on any atom is 0.193 e. The molecule has 1 fully saturated rings. The molecule has 1 aromatic rings. The summed E-state index contributed by atoms with van der Waals surface area (Å²) in [6.07, 6.45) is 3.86. The van der Waals surface area contributed by atoms with Gasteiger partial charge in [-0.05, 0) is 37.1 Å². The molecule has 1 N–H and O–H groups in total. The van der Waals surface area contributed by atoms with E-state index < -0.39 is 0 Å². The smallest absolute Gasteiger partial charge is 0.193 e. The van der Waals surface area contributed by atoms with Crippen LogP contribution >= 0.6 is 11.6 Å². The van der Waals surface area contributed by atoms with Crippen LogP contribution in [0.3, 0.4) is 0 Å². The third kappa shape index (κ3) is 3.93. The molecule has 4 nitrogen and oxygen atoms in total. The molecule has 0 amide bonds. The maximum absolute atomic E-state index is 6.11. The predicted molar refractivity (Wildman–Crippen MR) is 92.4 cm³/mol. The Labute approximate surface area is 138 Å². The number of halogens is 1. The van der Waals surface area contributed by atoms with Gasteiger partial charge in [0.1, 0.15) is 0 Å². The molecule has 120 valence electrons. The molecule has 5 heteroatoms. The van der Waals surface area contributed by atoms with Crippen molar-refractivity contribution in [2.24, 2.45) is 4.99 Å². The number of benzene rings is 1. The van der Waals surface area contributed by atoms with Crippen molar-refractivity contribution in [3.05, 3.63) is 34.9 Å². The van der Waals surface area contributed by atoms with Crippen molar-refractivity contribution in [3.63, 3.8) is 0 Å². The highest BCUT2D eigenvalue weighted by Crippen LogP contribution is 2.20. The number of aliphatic imine (C=N–C) groups is 1. The van der Waals surface area contributed by atoms with Gasteiger partial charge in [0, 0.05) is 37.7 Å². The van der Waals surface area contributed by atoms with Crippen LogP contribution in [-0.2, 0) is 6.54 Å². The molecule has 1 aromatic carbocycles. The van der Waals surface area contributed by atoms with Crippen molar-refractivity contribution >= 4 is 17.6 Å². The van der Waals surface area contributed by atoms with Crippen molar-refractivity contribution in [1.29, 1.82) is 0 Å². The van der Waals surface area contributed by atoms with E-state index in [1.54, 1.807) is 0 Å². The Bertz CT molecular complexity index is 531. The van der Waals surface area contributed by atoms with Gasteiger partial charge in [0.05, 0.1) is 6.54 Å². The minimum atomic E-state index is 0.574. The van der Waals surface area contributed by atoms with Crippen LogP contribution in [0.5, 0.6) is 0 Å². The van der Waals surface area contributed by atoms with E-state index in [2.05, 4.69) is 39.3 Å². The van der Waals surface area contributed by atoms with Gasteiger partial charge in [-0.1, -0.05) is 30.2 Å². The van der Waals surface area contributed by atoms with Crippen molar-refractivity contribution in [1.82, 2.24) is 15.1 Å². The van der Waals surface area contributed by atoms with Gasteiger partial charge in [-0.15, -0.1) is 0 Å². The van der Waals surface area contributed by atoms with Gasteiger partial charge in [-0.2, -0.15) is 0 Å². The minimum Gasteiger partial charge on any atom is -0.355 e. The van der Waals surface area contributed by atoms with Crippen LogP contribution < -0.4 is 5.32 Å². The fraction of sp³-hybridized carbons (Fsp3) is 0.588. The van der Waals surface area contributed by atoms with E-state index in [1.165, 1.54) is 31.4 Å². The van der Waals surface area contributed by atoms with Gasteiger partial charge in [0.25, 0.3) is 0 Å². The third-order valence-corrected chi connectivity index (χ3v) is 4.81. The Morgan fingerprint density at radius 2 is 2.23 bits per heavy atom. The van der Waals surface area contributed by atoms with E-state index >= 15 is 0 Å². The lowest BCUT2D eigenvalue weighted by molar-refractivity contribution is 0.141. The number of hydrogen-bond acceptors (Lipinski definition) is 4. The van der Waals surface area contributed by atoms with Crippen LogP contribution in [0.4, 0.5) is 0 Å². The summed E-state index contributed by atoms with van der Waals surface area (Å²) in [5.41, 5.74) is 1.30. The molecule has 2 aliphatic rings. The number of guanidine groups is 1. The summed E-state index contributed by atoms with van der Waals surface area (Å²) in [4.78, 5) is 9.30. The zero-order valence-corrected chi connectivity index (χ0v) is 14.0. The van der Waals surface area contributed by atoms with Crippen LogP contribution in [0.15, 0.2) is 29.3 Å². The Morgan fingerprint density at radius 1 is 1.32 bits per heavy atom. The molecule has 0 radical (unpaired) electrons. The predicted octanol–water partition coefficient (Wildman–Crippen LogP) is 2.59. The molecular weight excluding hydrogens is 296 g/mol. The summed E-state index contributed by atoms with van der Waals surface area (Å²) >= 11 is 6.11. The van der Waals surface area contributed by atoms with Gasteiger partial charge in [-0.3, -0.25) is 9.89 Å². The Morgan fingerprint density at radius 3 is 3.00 bits per heavy atom. The van der Waals surface area contributed by atoms with Crippen LogP contribution in [0.25, 0.3) is 0 Å². The number of rotatable bonds is 4. The molecule has 0 aliphatic carbocycles. The van der Waals surface area contributed by atoms with Crippen molar-refractivity contribution in [3.8, 4) is 0 Å². The SMILES string of the molecule is CN1CCN=C1NCC1CCCCN1Cc1cccc(Cl)c1. The second-order valence-corrected chi connectivity index (χ2v) is 6.69. The summed E-state index contributed by atoms with van der Waals surface area (Å²) < 4.78 is 0. The summed E-state index contributed by atoms with van der Waals surface area (Å²) in [5, 5.41) is 4.36. The molecule has 2 aliphatic heterocycles. The van der Waals surface area contributed by atoms with Gasteiger partial charge >= 0.3 is 0 Å². The van der Waals surface area contributed by atoms with Crippen LogP contribution in [-0.4, -0.2) is 55.0 Å². The number of piperidine rings is 1. The van der Waals surface area contributed by atoms with Gasteiger partial charge in [0.15, 0.2) is 5.96 Å². The van der Waals surface area contributed by atoms with Crippen molar-refractivity contribution in [2.75, 3.05) is 33.2 Å². The van der Waals surface area contributed by atoms with E-state index in [9.17, 15) is 0 Å². The van der Waals surface area contributed by atoms with Gasteiger partial charge in [-0.25, -0.2) is 0 Å². The lowest BCUT2D eigenvalue weighted by Gasteiger charge is -2.36. The topological polar surface area (TPSA) is 30.9 Å². The fourth-order valence-electron chi connectivity index (χ4n) is 3.30. The average molecular weight is 321 g/mol. The Hall–Kier alpha value is -1.26. The zero-order chi connectivity index (χ0) is 15.4. The lowest BCUT2D eigenvalue weighted by atomic mass is 10.0. The highest BCUT2D eigenvalue weighted by molar-refractivity contribution is 6.30. The number of likely N-dealkylation sites (N-methyl/N-ethyl adjacent to an activating group) is 1. The largest absolute Gasteiger partial charge is 0.355 e. The van der Waals surface area contributed by atoms with Crippen LogP contribution in [0.1, 0.15) is 24.8 Å². The van der Waals surface area contributed by atoms with E-state index in [0.717, 1.165) is 37.2 Å². The first-order chi connectivity index (χ1) is 10.7. The van der Waals surface area contributed by atoms with E-state index in [1.807, 2.05) is 12.1 Å². The Kier molecular flexibility index (Phi) is 5.21. The normalized spacial score (nSPS) is 22.7. The van der Waals surface area contributed by atoms with E-state index in [4.69, 9.17) is 11.6 Å². The fourth-order valence-corrected chi connectivity index (χ4v) is 3.51. The Balaban J connectivity index is 1.58. The number of nitrogens with zero attached hydrogens (tertiary/aromatic N) is 3. The zero-order valence-electron chi connectivity index (χ0n) is 13.3. The van der Waals surface area contributed by atoms with Gasteiger partial charge < -0.3 is 10.2 Å². The standard InChI is InChI=1S/C17H25ClN4/c1-21-10-8-19-17(21)20-12-16-7-2-3-9-22(16)13-14-5-4-6-15(18)11-14/h4-6,11,16H,2-3,7-10,12-13H2,1H3,(H,19,20). The molecule has 3 rings (SSSR count). The van der Waals surface area contributed by atoms with Gasteiger partial charge in [0.2, 0.25) is 0 Å². The molecule has 1 saturated heterocycles. The van der Waals surface area contributed by atoms with Crippen molar-refractivity contribution < 1.29 is 0 Å². The number of likely N-dealkylation sites (tertiary alicyclic amines) is 1. The lowest BCUT2D eigenvalue weighted by Crippen LogP contribution is -2.48. The minimum absolute atomic E-state index is 0.574. The van der Waals surface area contributed by atoms with E-state index in [-0.39, 0.29) is 0 Å². The molecule has 22 heavy (non-hydrogen) atoms. The summed E-state index contributed by atoms with van der Waals surface area (Å²) in [7, 11) is 2.10. The van der Waals surface area contributed by atoms with Crippen LogP contribution in [0.2, 0.25) is 5.02 Å². The monoisotopic (exact) mass is 320 g/mol. The van der Waals surface area contributed by atoms with E-state index in [0.29, 0.717) is 6.04 Å². The maximum atomic E-state index is 6.11. The molecule has 0 spiro atoms. The first kappa shape index (κ1) is 15.6. The molecule has 1 unspecified atom stereocenters. The quantitative estimate of drug-likeness (QED) is 0.925. The first-order valence-corrected chi connectivity index (χ1v) is 8.58. The van der Waals surface area contributed by atoms with Crippen LogP contribution in [0, 0.1) is 0 Å². The summed E-state index contributed by atoms with van der Waals surface area (Å²) in [5.74, 6) is 1.05. The number of hydrogen-bond donors (Lipinski definition) is 1. The highest BCUT2D eigenvalue weighted by atomic mass is 35.5. The summed E-state index contributed by atoms with van der Waals surface area (Å²) in [6, 6.07) is 8.80. The molecule has 0 saturated carbocycles. The second-order valence-electron chi connectivity index (χ2n) is 6.26. The highest BCUT2D eigenvalue weighted by Gasteiger charge is 2.23. The summed E-state index contributed by atoms with van der Waals surface area (Å²) in [6.45, 7) is 5.06. The average Bonchev–Trinajstić information content (AvgIpc) is 2.92. The molecule has 1 atom stereocenters. The molecular formula is C17H25ClN4. The molecule has 2 heterocycles. The molecule has 0 bridgehead atoms. The van der Waals surface area contributed by atoms with Crippen molar-refractivity contribution in [2.45, 2.75) is 31.8 Å². The molecule has 0 aromatic heterocycles.